The number of aryl methyl sites for hydroxylation is 2. The summed E-state index contributed by atoms with van der Waals surface area (Å²) in [5, 5.41) is 0. The van der Waals surface area contributed by atoms with Crippen molar-refractivity contribution in [3.63, 3.8) is 0 Å². The number of hydrogen-bond acceptors (Lipinski definition) is 1. The van der Waals surface area contributed by atoms with Crippen molar-refractivity contribution >= 4 is 5.69 Å². The molecule has 0 saturated heterocycles. The number of fused-ring (bicyclic) bond motifs is 1. The maximum absolute atomic E-state index is 13.7. The van der Waals surface area contributed by atoms with Crippen LogP contribution in [-0.4, -0.2) is 6.54 Å². The minimum Gasteiger partial charge on any atom is -0.367 e. The molecule has 0 unspecified atom stereocenters. The average Bonchev–Trinajstić information content (AvgIpc) is 2.66. The molecule has 0 saturated carbocycles. The van der Waals surface area contributed by atoms with Gasteiger partial charge in [-0.05, 0) is 55.0 Å². The first-order valence-electron chi connectivity index (χ1n) is 7.32. The van der Waals surface area contributed by atoms with Crippen molar-refractivity contribution in [2.75, 3.05) is 11.4 Å². The topological polar surface area (TPSA) is 3.24 Å². The molecular formula is C18H20FN. The molecule has 3 rings (SSSR count). The molecule has 1 aliphatic heterocycles. The van der Waals surface area contributed by atoms with Gasteiger partial charge < -0.3 is 4.90 Å². The van der Waals surface area contributed by atoms with Crippen LogP contribution in [-0.2, 0) is 13.0 Å². The van der Waals surface area contributed by atoms with E-state index >= 15 is 0 Å². The molecule has 2 heteroatoms. The van der Waals surface area contributed by atoms with Gasteiger partial charge in [-0.2, -0.15) is 0 Å². The lowest BCUT2D eigenvalue weighted by Gasteiger charge is -2.25. The van der Waals surface area contributed by atoms with E-state index in [0.29, 0.717) is 5.56 Å². The molecule has 0 amide bonds. The van der Waals surface area contributed by atoms with Crippen molar-refractivity contribution < 1.29 is 4.39 Å². The molecule has 2 aromatic carbocycles. The van der Waals surface area contributed by atoms with E-state index in [4.69, 9.17) is 0 Å². The molecule has 0 bridgehead atoms. The Bertz CT molecular complexity index is 606. The van der Waals surface area contributed by atoms with E-state index in [0.717, 1.165) is 25.1 Å². The van der Waals surface area contributed by atoms with Crippen LogP contribution in [0.4, 0.5) is 10.1 Å². The fourth-order valence-corrected chi connectivity index (χ4v) is 2.89. The minimum atomic E-state index is -0.106. The number of hydrogen-bond donors (Lipinski definition) is 0. The van der Waals surface area contributed by atoms with Crippen molar-refractivity contribution in [2.45, 2.75) is 32.7 Å². The number of anilines is 1. The second-order valence-electron chi connectivity index (χ2n) is 5.59. The Morgan fingerprint density at radius 3 is 2.80 bits per heavy atom. The Balaban J connectivity index is 1.88. The van der Waals surface area contributed by atoms with Crippen LogP contribution >= 0.6 is 0 Å². The lowest BCUT2D eigenvalue weighted by Crippen LogP contribution is -2.23. The summed E-state index contributed by atoms with van der Waals surface area (Å²) >= 11 is 0. The predicted octanol–water partition coefficient (Wildman–Crippen LogP) is 4.48. The number of benzene rings is 2. The van der Waals surface area contributed by atoms with Crippen LogP contribution < -0.4 is 4.90 Å². The van der Waals surface area contributed by atoms with E-state index in [2.05, 4.69) is 29.2 Å². The maximum Gasteiger partial charge on any atom is 0.126 e. The van der Waals surface area contributed by atoms with Gasteiger partial charge in [0.15, 0.2) is 0 Å². The van der Waals surface area contributed by atoms with Gasteiger partial charge in [-0.25, -0.2) is 4.39 Å². The summed E-state index contributed by atoms with van der Waals surface area (Å²) in [5.74, 6) is -0.106. The molecule has 2 aromatic rings. The highest BCUT2D eigenvalue weighted by atomic mass is 19.1. The average molecular weight is 269 g/mol. The molecule has 0 atom stereocenters. The van der Waals surface area contributed by atoms with E-state index in [9.17, 15) is 4.39 Å². The monoisotopic (exact) mass is 269 g/mol. The summed E-state index contributed by atoms with van der Waals surface area (Å²) in [6.07, 6.45) is 3.58. The summed E-state index contributed by atoms with van der Waals surface area (Å²) in [4.78, 5) is 2.38. The zero-order valence-corrected chi connectivity index (χ0v) is 11.9. The van der Waals surface area contributed by atoms with E-state index in [-0.39, 0.29) is 5.82 Å². The number of nitrogens with zero attached hydrogens (tertiary/aromatic N) is 1. The van der Waals surface area contributed by atoms with Crippen LogP contribution in [0.1, 0.15) is 29.5 Å². The lowest BCUT2D eigenvalue weighted by molar-refractivity contribution is 0.614. The van der Waals surface area contributed by atoms with Gasteiger partial charge in [0.25, 0.3) is 0 Å². The van der Waals surface area contributed by atoms with Crippen molar-refractivity contribution in [1.82, 2.24) is 0 Å². The van der Waals surface area contributed by atoms with E-state index in [1.54, 1.807) is 13.0 Å². The van der Waals surface area contributed by atoms with Crippen LogP contribution in [0.15, 0.2) is 42.5 Å². The Kier molecular flexibility index (Phi) is 3.72. The molecule has 20 heavy (non-hydrogen) atoms. The predicted molar refractivity (Wildman–Crippen MR) is 81.6 cm³/mol. The fraction of sp³-hybridized carbons (Fsp3) is 0.333. The highest BCUT2D eigenvalue weighted by Gasteiger charge is 2.15. The standard InChI is InChI=1S/C18H20FN/c1-14-9-10-15(12-17(14)19)13-20-11-5-4-7-16-6-2-3-8-18(16)20/h2-3,6,8-10,12H,4-5,7,11,13H2,1H3. The molecular weight excluding hydrogens is 249 g/mol. The van der Waals surface area contributed by atoms with Gasteiger partial charge in [-0.15, -0.1) is 0 Å². The van der Waals surface area contributed by atoms with Crippen LogP contribution in [0.5, 0.6) is 0 Å². The highest BCUT2D eigenvalue weighted by Crippen LogP contribution is 2.27. The Morgan fingerprint density at radius 1 is 1.10 bits per heavy atom. The third kappa shape index (κ3) is 2.69. The molecule has 0 radical (unpaired) electrons. The lowest BCUT2D eigenvalue weighted by atomic mass is 10.1. The van der Waals surface area contributed by atoms with Crippen LogP contribution in [0.3, 0.4) is 0 Å². The summed E-state index contributed by atoms with van der Waals surface area (Å²) in [7, 11) is 0. The van der Waals surface area contributed by atoms with Crippen molar-refractivity contribution in [1.29, 1.82) is 0 Å². The van der Waals surface area contributed by atoms with Gasteiger partial charge in [0.2, 0.25) is 0 Å². The fourth-order valence-electron chi connectivity index (χ4n) is 2.89. The third-order valence-corrected chi connectivity index (χ3v) is 4.07. The quantitative estimate of drug-likeness (QED) is 0.777. The smallest absolute Gasteiger partial charge is 0.126 e. The molecule has 1 heterocycles. The van der Waals surface area contributed by atoms with Gasteiger partial charge in [0.1, 0.15) is 5.82 Å². The molecule has 0 spiro atoms. The van der Waals surface area contributed by atoms with Gasteiger partial charge in [-0.1, -0.05) is 30.3 Å². The Hall–Kier alpha value is -1.83. The van der Waals surface area contributed by atoms with Gasteiger partial charge >= 0.3 is 0 Å². The largest absolute Gasteiger partial charge is 0.367 e. The molecule has 0 N–H and O–H groups in total. The molecule has 0 aliphatic carbocycles. The van der Waals surface area contributed by atoms with Crippen molar-refractivity contribution in [3.05, 3.63) is 65.0 Å². The Labute approximate surface area is 120 Å². The van der Waals surface area contributed by atoms with Gasteiger partial charge in [-0.3, -0.25) is 0 Å². The highest BCUT2D eigenvalue weighted by molar-refractivity contribution is 5.54. The zero-order chi connectivity index (χ0) is 13.9. The molecule has 0 fully saturated rings. The van der Waals surface area contributed by atoms with E-state index in [1.807, 2.05) is 12.1 Å². The SMILES string of the molecule is Cc1ccc(CN2CCCCc3ccccc32)cc1F. The molecule has 1 aliphatic rings. The summed E-state index contributed by atoms with van der Waals surface area (Å²) in [6, 6.07) is 14.2. The summed E-state index contributed by atoms with van der Waals surface area (Å²) in [5.41, 5.74) is 4.48. The normalized spacial score (nSPS) is 14.8. The second-order valence-corrected chi connectivity index (χ2v) is 5.59. The van der Waals surface area contributed by atoms with Crippen LogP contribution in [0, 0.1) is 12.7 Å². The van der Waals surface area contributed by atoms with E-state index < -0.39 is 0 Å². The maximum atomic E-state index is 13.7. The molecule has 0 aromatic heterocycles. The summed E-state index contributed by atoms with van der Waals surface area (Å²) < 4.78 is 13.7. The van der Waals surface area contributed by atoms with Crippen LogP contribution in [0.2, 0.25) is 0 Å². The second kappa shape index (κ2) is 5.66. The first kappa shape index (κ1) is 13.2. The minimum absolute atomic E-state index is 0.106. The van der Waals surface area contributed by atoms with Gasteiger partial charge in [0.05, 0.1) is 0 Å². The van der Waals surface area contributed by atoms with Crippen molar-refractivity contribution in [3.8, 4) is 0 Å². The van der Waals surface area contributed by atoms with Crippen LogP contribution in [0.25, 0.3) is 0 Å². The first-order valence-corrected chi connectivity index (χ1v) is 7.32. The first-order chi connectivity index (χ1) is 9.74. The van der Waals surface area contributed by atoms with Crippen molar-refractivity contribution in [2.24, 2.45) is 0 Å². The summed E-state index contributed by atoms with van der Waals surface area (Å²) in [6.45, 7) is 3.64. The molecule has 104 valence electrons. The number of para-hydroxylation sites is 1. The third-order valence-electron chi connectivity index (χ3n) is 4.07. The number of halogens is 1. The van der Waals surface area contributed by atoms with E-state index in [1.165, 1.54) is 24.1 Å². The molecule has 1 nitrogen and oxygen atoms in total. The van der Waals surface area contributed by atoms with Gasteiger partial charge in [0, 0.05) is 18.8 Å². The Morgan fingerprint density at radius 2 is 1.95 bits per heavy atom. The number of rotatable bonds is 2. The zero-order valence-electron chi connectivity index (χ0n) is 11.9.